The summed E-state index contributed by atoms with van der Waals surface area (Å²) in [5.41, 5.74) is 2.14. The van der Waals surface area contributed by atoms with Crippen molar-refractivity contribution in [2.75, 3.05) is 0 Å². The summed E-state index contributed by atoms with van der Waals surface area (Å²) in [6.07, 6.45) is 7.84. The molecule has 1 unspecified atom stereocenters. The molecular weight excluding hydrogens is 303 g/mol. The van der Waals surface area contributed by atoms with E-state index in [1.54, 1.807) is 0 Å². The van der Waals surface area contributed by atoms with Gasteiger partial charge in [-0.2, -0.15) is 0 Å². The second-order valence-electron chi connectivity index (χ2n) is 6.04. The molecule has 0 spiro atoms. The number of hydrogen-bond donors (Lipinski definition) is 0. The molecule has 21 heavy (non-hydrogen) atoms. The average Bonchev–Trinajstić information content (AvgIpc) is 2.87. The van der Waals surface area contributed by atoms with E-state index < -0.39 is 0 Å². The van der Waals surface area contributed by atoms with Crippen molar-refractivity contribution in [2.24, 2.45) is 5.92 Å². The molecular formula is C17H22Cl2N2. The normalized spacial score (nSPS) is 18.2. The fourth-order valence-electron chi connectivity index (χ4n) is 3.83. The maximum Gasteiger partial charge on any atom is 0.125 e. The number of aromatic nitrogens is 2. The van der Waals surface area contributed by atoms with Crippen LogP contribution >= 0.6 is 23.2 Å². The molecule has 2 nitrogen and oxygen atoms in total. The Morgan fingerprint density at radius 2 is 2.05 bits per heavy atom. The minimum absolute atomic E-state index is 0.454. The van der Waals surface area contributed by atoms with Gasteiger partial charge in [0.05, 0.1) is 16.9 Å². The predicted octanol–water partition coefficient (Wildman–Crippen LogP) is 5.96. The van der Waals surface area contributed by atoms with Crippen molar-refractivity contribution in [3.05, 3.63) is 29.0 Å². The number of halogens is 2. The van der Waals surface area contributed by atoms with Crippen LogP contribution in [0.15, 0.2) is 18.2 Å². The van der Waals surface area contributed by atoms with E-state index in [4.69, 9.17) is 28.2 Å². The molecule has 1 aromatic heterocycles. The zero-order valence-electron chi connectivity index (χ0n) is 12.5. The number of nitrogens with zero attached hydrogens (tertiary/aromatic N) is 2. The smallest absolute Gasteiger partial charge is 0.125 e. The Morgan fingerprint density at radius 1 is 1.29 bits per heavy atom. The summed E-state index contributed by atoms with van der Waals surface area (Å²) in [4.78, 5) is 4.71. The van der Waals surface area contributed by atoms with E-state index >= 15 is 0 Å². The van der Waals surface area contributed by atoms with Crippen LogP contribution in [0.25, 0.3) is 11.0 Å². The van der Waals surface area contributed by atoms with Crippen LogP contribution in [0.5, 0.6) is 0 Å². The lowest BCUT2D eigenvalue weighted by Gasteiger charge is -2.32. The second kappa shape index (κ2) is 6.58. The standard InChI is InChI=1S/C17H22Cl2N2/c1-2-15(12-6-4-3-5-7-12)21-16-10-13(19)8-9-14(16)20-17(21)11-18/h8-10,12,15H,2-7,11H2,1H3. The third kappa shape index (κ3) is 2.93. The summed E-state index contributed by atoms with van der Waals surface area (Å²) in [7, 11) is 0. The summed E-state index contributed by atoms with van der Waals surface area (Å²) >= 11 is 12.4. The molecule has 1 aliphatic rings. The molecule has 2 aromatic rings. The highest BCUT2D eigenvalue weighted by atomic mass is 35.5. The Labute approximate surface area is 136 Å². The van der Waals surface area contributed by atoms with E-state index in [9.17, 15) is 0 Å². The first kappa shape index (κ1) is 15.2. The van der Waals surface area contributed by atoms with Crippen LogP contribution in [0.4, 0.5) is 0 Å². The monoisotopic (exact) mass is 324 g/mol. The molecule has 0 bridgehead atoms. The van der Waals surface area contributed by atoms with Crippen molar-refractivity contribution < 1.29 is 0 Å². The van der Waals surface area contributed by atoms with Crippen molar-refractivity contribution in [1.82, 2.24) is 9.55 Å². The zero-order valence-corrected chi connectivity index (χ0v) is 14.0. The van der Waals surface area contributed by atoms with Gasteiger partial charge in [-0.3, -0.25) is 0 Å². The van der Waals surface area contributed by atoms with Crippen molar-refractivity contribution >= 4 is 34.2 Å². The summed E-state index contributed by atoms with van der Waals surface area (Å²) in [5, 5.41) is 0.767. The molecule has 1 saturated carbocycles. The van der Waals surface area contributed by atoms with Gasteiger partial charge >= 0.3 is 0 Å². The van der Waals surface area contributed by atoms with E-state index in [2.05, 4.69) is 11.5 Å². The molecule has 1 fully saturated rings. The molecule has 1 heterocycles. The molecule has 1 aliphatic carbocycles. The molecule has 3 rings (SSSR count). The Bertz CT molecular complexity index is 615. The van der Waals surface area contributed by atoms with Gasteiger partial charge < -0.3 is 4.57 Å². The topological polar surface area (TPSA) is 17.8 Å². The molecule has 114 valence electrons. The molecule has 0 radical (unpaired) electrons. The van der Waals surface area contributed by atoms with Crippen LogP contribution in [-0.2, 0) is 5.88 Å². The Kier molecular flexibility index (Phi) is 4.75. The van der Waals surface area contributed by atoms with E-state index in [1.165, 1.54) is 32.1 Å². The minimum Gasteiger partial charge on any atom is -0.324 e. The number of benzene rings is 1. The van der Waals surface area contributed by atoms with Crippen molar-refractivity contribution in [2.45, 2.75) is 57.4 Å². The first-order valence-electron chi connectivity index (χ1n) is 7.97. The fraction of sp³-hybridized carbons (Fsp3) is 0.588. The summed E-state index contributed by atoms with van der Waals surface area (Å²) in [5.74, 6) is 2.17. The predicted molar refractivity (Wildman–Crippen MR) is 90.2 cm³/mol. The molecule has 0 N–H and O–H groups in total. The highest BCUT2D eigenvalue weighted by Crippen LogP contribution is 2.38. The number of alkyl halides is 1. The van der Waals surface area contributed by atoms with Gasteiger partial charge in [0.1, 0.15) is 5.82 Å². The van der Waals surface area contributed by atoms with Crippen LogP contribution < -0.4 is 0 Å². The molecule has 0 saturated heterocycles. The van der Waals surface area contributed by atoms with Crippen LogP contribution in [0, 0.1) is 5.92 Å². The molecule has 1 atom stereocenters. The Hall–Kier alpha value is -0.730. The minimum atomic E-state index is 0.454. The first-order chi connectivity index (χ1) is 10.2. The van der Waals surface area contributed by atoms with E-state index in [0.717, 1.165) is 34.2 Å². The van der Waals surface area contributed by atoms with Crippen LogP contribution in [0.1, 0.15) is 57.3 Å². The van der Waals surface area contributed by atoms with Crippen molar-refractivity contribution in [3.8, 4) is 0 Å². The quantitative estimate of drug-likeness (QED) is 0.634. The number of rotatable bonds is 4. The molecule has 4 heteroatoms. The average molecular weight is 325 g/mol. The lowest BCUT2D eigenvalue weighted by atomic mass is 9.82. The van der Waals surface area contributed by atoms with Gasteiger partial charge in [-0.1, -0.05) is 37.8 Å². The zero-order chi connectivity index (χ0) is 14.8. The maximum absolute atomic E-state index is 6.20. The largest absolute Gasteiger partial charge is 0.324 e. The number of hydrogen-bond acceptors (Lipinski definition) is 1. The fourth-order valence-corrected chi connectivity index (χ4v) is 4.18. The Balaban J connectivity index is 2.08. The second-order valence-corrected chi connectivity index (χ2v) is 6.74. The third-order valence-corrected chi connectivity index (χ3v) is 5.26. The molecule has 0 aliphatic heterocycles. The van der Waals surface area contributed by atoms with Crippen molar-refractivity contribution in [3.63, 3.8) is 0 Å². The van der Waals surface area contributed by atoms with E-state index in [1.807, 2.05) is 18.2 Å². The SMILES string of the molecule is CCC(C1CCCCC1)n1c(CCl)nc2ccc(Cl)cc21. The third-order valence-electron chi connectivity index (χ3n) is 4.79. The summed E-state index contributed by atoms with van der Waals surface area (Å²) in [6.45, 7) is 2.27. The maximum atomic E-state index is 6.20. The highest BCUT2D eigenvalue weighted by molar-refractivity contribution is 6.31. The summed E-state index contributed by atoms with van der Waals surface area (Å²) in [6, 6.07) is 6.42. The lowest BCUT2D eigenvalue weighted by Crippen LogP contribution is -2.22. The van der Waals surface area contributed by atoms with Gasteiger partial charge in [0, 0.05) is 11.1 Å². The van der Waals surface area contributed by atoms with Crippen molar-refractivity contribution in [1.29, 1.82) is 0 Å². The Morgan fingerprint density at radius 3 is 2.71 bits per heavy atom. The summed E-state index contributed by atoms with van der Waals surface area (Å²) < 4.78 is 2.37. The van der Waals surface area contributed by atoms with Crippen LogP contribution in [-0.4, -0.2) is 9.55 Å². The highest BCUT2D eigenvalue weighted by Gasteiger charge is 2.27. The van der Waals surface area contributed by atoms with Gasteiger partial charge in [-0.05, 0) is 43.4 Å². The van der Waals surface area contributed by atoms with Gasteiger partial charge in [-0.25, -0.2) is 4.98 Å². The number of fused-ring (bicyclic) bond motifs is 1. The van der Waals surface area contributed by atoms with E-state index in [-0.39, 0.29) is 0 Å². The van der Waals surface area contributed by atoms with Crippen LogP contribution in [0.3, 0.4) is 0 Å². The van der Waals surface area contributed by atoms with Gasteiger partial charge in [0.25, 0.3) is 0 Å². The van der Waals surface area contributed by atoms with Crippen LogP contribution in [0.2, 0.25) is 5.02 Å². The molecule has 0 amide bonds. The lowest BCUT2D eigenvalue weighted by molar-refractivity contribution is 0.244. The van der Waals surface area contributed by atoms with Gasteiger partial charge in [0.2, 0.25) is 0 Å². The number of imidazole rings is 1. The molecule has 1 aromatic carbocycles. The first-order valence-corrected chi connectivity index (χ1v) is 8.88. The van der Waals surface area contributed by atoms with E-state index in [0.29, 0.717) is 11.9 Å². The van der Waals surface area contributed by atoms with Gasteiger partial charge in [0.15, 0.2) is 0 Å². The van der Waals surface area contributed by atoms with Gasteiger partial charge in [-0.15, -0.1) is 11.6 Å².